The largest absolute Gasteiger partial charge is 0.374 e. The topological polar surface area (TPSA) is 70.7 Å². The summed E-state index contributed by atoms with van der Waals surface area (Å²) in [6.45, 7) is 7.96. The minimum atomic E-state index is -0.488. The molecule has 0 saturated carbocycles. The predicted molar refractivity (Wildman–Crippen MR) is 92.8 cm³/mol. The number of ether oxygens (including phenoxy) is 1. The molecule has 1 unspecified atom stereocenters. The maximum absolute atomic E-state index is 13.1. The van der Waals surface area contributed by atoms with E-state index in [9.17, 15) is 14.0 Å². The maximum Gasteiger partial charge on any atom is 0.251 e. The lowest BCUT2D eigenvalue weighted by Crippen LogP contribution is -2.49. The van der Waals surface area contributed by atoms with Gasteiger partial charge in [0.25, 0.3) is 5.91 Å². The van der Waals surface area contributed by atoms with Crippen LogP contribution in [0.5, 0.6) is 0 Å². The van der Waals surface area contributed by atoms with Crippen LogP contribution in [0, 0.1) is 11.7 Å². The number of hydrogen-bond acceptors (Lipinski definition) is 4. The van der Waals surface area contributed by atoms with E-state index in [1.54, 1.807) is 0 Å². The molecule has 25 heavy (non-hydrogen) atoms. The molecule has 0 radical (unpaired) electrons. The zero-order valence-electron chi connectivity index (χ0n) is 14.8. The summed E-state index contributed by atoms with van der Waals surface area (Å²) in [5.74, 6) is -0.676. The minimum absolute atomic E-state index is 0.0460. The normalized spacial score (nSPS) is 18.2. The summed E-state index contributed by atoms with van der Waals surface area (Å²) < 4.78 is 18.7. The van der Waals surface area contributed by atoms with Crippen LogP contribution < -0.4 is 10.6 Å². The van der Waals surface area contributed by atoms with Crippen LogP contribution in [0.2, 0.25) is 0 Å². The first-order valence-electron chi connectivity index (χ1n) is 8.58. The van der Waals surface area contributed by atoms with Crippen LogP contribution >= 0.6 is 0 Å². The van der Waals surface area contributed by atoms with Crippen molar-refractivity contribution in [3.63, 3.8) is 0 Å². The Bertz CT molecular complexity index is 595. The fraction of sp³-hybridized carbons (Fsp3) is 0.556. The van der Waals surface area contributed by atoms with Crippen molar-refractivity contribution in [2.24, 2.45) is 5.92 Å². The minimum Gasteiger partial charge on any atom is -0.374 e. The molecule has 138 valence electrons. The number of carbonyl (C=O) groups excluding carboxylic acids is 2. The molecule has 1 aliphatic rings. The summed E-state index contributed by atoms with van der Waals surface area (Å²) in [5.41, 5.74) is 0.188. The van der Waals surface area contributed by atoms with Crippen molar-refractivity contribution in [2.45, 2.75) is 20.0 Å². The Morgan fingerprint density at radius 2 is 2.16 bits per heavy atom. The third kappa shape index (κ3) is 6.80. The first-order valence-corrected chi connectivity index (χ1v) is 8.58. The summed E-state index contributed by atoms with van der Waals surface area (Å²) >= 11 is 0. The lowest BCUT2D eigenvalue weighted by atomic mass is 10.2. The highest BCUT2D eigenvalue weighted by atomic mass is 19.1. The predicted octanol–water partition coefficient (Wildman–Crippen LogP) is 1.03. The molecule has 1 heterocycles. The summed E-state index contributed by atoms with van der Waals surface area (Å²) in [4.78, 5) is 26.1. The first kappa shape index (κ1) is 19.3. The van der Waals surface area contributed by atoms with E-state index < -0.39 is 11.7 Å². The zero-order valence-corrected chi connectivity index (χ0v) is 14.8. The van der Waals surface area contributed by atoms with E-state index in [0.29, 0.717) is 19.1 Å². The SMILES string of the molecule is CC(C)CN1CCOC(CNC(=O)CNC(=O)c2cccc(F)c2)C1. The third-order valence-corrected chi connectivity index (χ3v) is 3.87. The summed E-state index contributed by atoms with van der Waals surface area (Å²) in [6.07, 6.45) is -0.0460. The Morgan fingerprint density at radius 1 is 1.36 bits per heavy atom. The van der Waals surface area contributed by atoms with Gasteiger partial charge in [-0.2, -0.15) is 0 Å². The molecule has 1 aromatic rings. The Balaban J connectivity index is 1.69. The highest BCUT2D eigenvalue weighted by Crippen LogP contribution is 2.07. The van der Waals surface area contributed by atoms with Gasteiger partial charge in [0.1, 0.15) is 5.82 Å². The molecule has 2 N–H and O–H groups in total. The second-order valence-corrected chi connectivity index (χ2v) is 6.64. The standard InChI is InChI=1S/C18H26FN3O3/c1-13(2)11-22-6-7-25-16(12-22)9-20-17(23)10-21-18(24)14-4-3-5-15(19)8-14/h3-5,8,13,16H,6-7,9-12H2,1-2H3,(H,20,23)(H,21,24). The Kier molecular flexibility index (Phi) is 7.33. The molecule has 0 aliphatic carbocycles. The van der Waals surface area contributed by atoms with Gasteiger partial charge < -0.3 is 15.4 Å². The number of carbonyl (C=O) groups is 2. The second kappa shape index (κ2) is 9.48. The van der Waals surface area contributed by atoms with Crippen molar-refractivity contribution >= 4 is 11.8 Å². The highest BCUT2D eigenvalue weighted by molar-refractivity contribution is 5.96. The molecule has 2 amide bonds. The van der Waals surface area contributed by atoms with Crippen LogP contribution in [0.15, 0.2) is 24.3 Å². The highest BCUT2D eigenvalue weighted by Gasteiger charge is 2.21. The van der Waals surface area contributed by atoms with Crippen molar-refractivity contribution in [2.75, 3.05) is 39.3 Å². The molecule has 1 aliphatic heterocycles. The average Bonchev–Trinajstić information content (AvgIpc) is 2.57. The van der Waals surface area contributed by atoms with Crippen LogP contribution in [-0.4, -0.2) is 62.1 Å². The van der Waals surface area contributed by atoms with E-state index in [0.717, 1.165) is 25.7 Å². The third-order valence-electron chi connectivity index (χ3n) is 3.87. The molecule has 6 nitrogen and oxygen atoms in total. The van der Waals surface area contributed by atoms with E-state index in [2.05, 4.69) is 29.4 Å². The molecule has 1 fully saturated rings. The monoisotopic (exact) mass is 351 g/mol. The quantitative estimate of drug-likeness (QED) is 0.770. The van der Waals surface area contributed by atoms with Gasteiger partial charge in [0, 0.05) is 31.7 Å². The van der Waals surface area contributed by atoms with Crippen molar-refractivity contribution in [1.82, 2.24) is 15.5 Å². The van der Waals surface area contributed by atoms with Crippen molar-refractivity contribution in [1.29, 1.82) is 0 Å². The Hall–Kier alpha value is -1.99. The van der Waals surface area contributed by atoms with Gasteiger partial charge in [0.15, 0.2) is 0 Å². The molecular weight excluding hydrogens is 325 g/mol. The molecule has 7 heteroatoms. The van der Waals surface area contributed by atoms with Gasteiger partial charge in [0.05, 0.1) is 19.3 Å². The van der Waals surface area contributed by atoms with Gasteiger partial charge in [-0.15, -0.1) is 0 Å². The average molecular weight is 351 g/mol. The second-order valence-electron chi connectivity index (χ2n) is 6.64. The van der Waals surface area contributed by atoms with E-state index in [-0.39, 0.29) is 24.1 Å². The lowest BCUT2D eigenvalue weighted by molar-refractivity contribution is -0.121. The fourth-order valence-corrected chi connectivity index (χ4v) is 2.77. The number of nitrogens with one attached hydrogen (secondary N) is 2. The lowest BCUT2D eigenvalue weighted by Gasteiger charge is -2.33. The molecule has 1 atom stereocenters. The van der Waals surface area contributed by atoms with E-state index in [1.165, 1.54) is 18.2 Å². The van der Waals surface area contributed by atoms with Gasteiger partial charge in [-0.1, -0.05) is 19.9 Å². The van der Waals surface area contributed by atoms with E-state index in [4.69, 9.17) is 4.74 Å². The molecular formula is C18H26FN3O3. The van der Waals surface area contributed by atoms with Crippen molar-refractivity contribution in [3.8, 4) is 0 Å². The number of hydrogen-bond donors (Lipinski definition) is 2. The van der Waals surface area contributed by atoms with Crippen LogP contribution in [0.3, 0.4) is 0 Å². The number of halogens is 1. The smallest absolute Gasteiger partial charge is 0.251 e. The number of rotatable bonds is 7. The molecule has 0 aromatic heterocycles. The van der Waals surface area contributed by atoms with Crippen LogP contribution in [0.25, 0.3) is 0 Å². The summed E-state index contributed by atoms with van der Waals surface area (Å²) in [7, 11) is 0. The number of morpholine rings is 1. The molecule has 0 bridgehead atoms. The fourth-order valence-electron chi connectivity index (χ4n) is 2.77. The van der Waals surface area contributed by atoms with Crippen LogP contribution in [0.1, 0.15) is 24.2 Å². The Labute approximate surface area is 147 Å². The van der Waals surface area contributed by atoms with Gasteiger partial charge in [-0.05, 0) is 24.1 Å². The van der Waals surface area contributed by atoms with Gasteiger partial charge >= 0.3 is 0 Å². The maximum atomic E-state index is 13.1. The van der Waals surface area contributed by atoms with E-state index >= 15 is 0 Å². The molecule has 1 saturated heterocycles. The Morgan fingerprint density at radius 3 is 2.88 bits per heavy atom. The molecule has 1 aromatic carbocycles. The summed E-state index contributed by atoms with van der Waals surface area (Å²) in [5, 5.41) is 5.24. The summed E-state index contributed by atoms with van der Waals surface area (Å²) in [6, 6.07) is 5.34. The first-order chi connectivity index (χ1) is 11.9. The molecule has 2 rings (SSSR count). The number of amides is 2. The van der Waals surface area contributed by atoms with Gasteiger partial charge in [-0.25, -0.2) is 4.39 Å². The van der Waals surface area contributed by atoms with Crippen molar-refractivity contribution < 1.29 is 18.7 Å². The van der Waals surface area contributed by atoms with Gasteiger partial charge in [0.2, 0.25) is 5.91 Å². The number of benzene rings is 1. The molecule has 0 spiro atoms. The number of nitrogens with zero attached hydrogens (tertiary/aromatic N) is 1. The van der Waals surface area contributed by atoms with Gasteiger partial charge in [-0.3, -0.25) is 14.5 Å². The zero-order chi connectivity index (χ0) is 18.2. The van der Waals surface area contributed by atoms with Crippen LogP contribution in [0.4, 0.5) is 4.39 Å². The van der Waals surface area contributed by atoms with E-state index in [1.807, 2.05) is 0 Å². The van der Waals surface area contributed by atoms with Crippen LogP contribution in [-0.2, 0) is 9.53 Å². The van der Waals surface area contributed by atoms with Crippen molar-refractivity contribution in [3.05, 3.63) is 35.6 Å².